The van der Waals surface area contributed by atoms with E-state index in [0.29, 0.717) is 3.57 Å². The van der Waals surface area contributed by atoms with E-state index in [1.54, 1.807) is 0 Å². The molecule has 1 aromatic carbocycles. The summed E-state index contributed by atoms with van der Waals surface area (Å²) >= 11 is 3.69. The van der Waals surface area contributed by atoms with Crippen molar-refractivity contribution in [2.24, 2.45) is 0 Å². The molecule has 0 spiro atoms. The van der Waals surface area contributed by atoms with Crippen LogP contribution in [0.1, 0.15) is 20.7 Å². The van der Waals surface area contributed by atoms with Crippen LogP contribution < -0.4 is 20.3 Å². The van der Waals surface area contributed by atoms with E-state index in [1.165, 1.54) is 11.9 Å². The summed E-state index contributed by atoms with van der Waals surface area (Å²) in [6, 6.07) is 0. The lowest BCUT2D eigenvalue weighted by Gasteiger charge is -2.30. The first kappa shape index (κ1) is 25.0. The average Bonchev–Trinajstić information content (AvgIpc) is 2.72. The molecule has 0 fully saturated rings. The second-order valence-electron chi connectivity index (χ2n) is 6.39. The molecule has 1 aliphatic rings. The van der Waals surface area contributed by atoms with Crippen molar-refractivity contribution in [2.45, 2.75) is 12.2 Å². The van der Waals surface area contributed by atoms with Gasteiger partial charge in [-0.3, -0.25) is 14.4 Å². The van der Waals surface area contributed by atoms with E-state index in [1.807, 2.05) is 45.2 Å². The van der Waals surface area contributed by atoms with E-state index in [9.17, 15) is 24.6 Å². The first-order chi connectivity index (χ1) is 14.1. The zero-order valence-electron chi connectivity index (χ0n) is 15.8. The molecule has 30 heavy (non-hydrogen) atoms. The number of likely N-dealkylation sites (N-methyl/N-ethyl adjacent to an activating group) is 1. The van der Waals surface area contributed by atoms with Gasteiger partial charge in [0, 0.05) is 23.7 Å². The van der Waals surface area contributed by atoms with Crippen molar-refractivity contribution in [3.63, 3.8) is 0 Å². The number of aliphatic hydroxyl groups is 4. The quantitative estimate of drug-likeness (QED) is 0.184. The van der Waals surface area contributed by atoms with Crippen LogP contribution in [-0.4, -0.2) is 90.3 Å². The van der Waals surface area contributed by atoms with Crippen molar-refractivity contribution in [3.05, 3.63) is 18.3 Å². The zero-order valence-corrected chi connectivity index (χ0v) is 20.1. The number of hydrogen-bond acceptors (Lipinski definition) is 8. The monoisotopic (exact) mass is 649 g/mol. The fourth-order valence-corrected chi connectivity index (χ4v) is 5.22. The Balaban J connectivity index is 2.56. The molecule has 2 unspecified atom stereocenters. The van der Waals surface area contributed by atoms with Crippen molar-refractivity contribution in [2.75, 3.05) is 44.9 Å². The maximum absolute atomic E-state index is 12.8. The highest BCUT2D eigenvalue weighted by molar-refractivity contribution is 14.1. The van der Waals surface area contributed by atoms with E-state index >= 15 is 0 Å². The number of carbonyl (C=O) groups excluding carboxylic acids is 3. The van der Waals surface area contributed by atoms with Gasteiger partial charge in [0.1, 0.15) is 5.69 Å². The van der Waals surface area contributed by atoms with Crippen LogP contribution in [0.25, 0.3) is 0 Å². The molecule has 13 heteroatoms. The van der Waals surface area contributed by atoms with Crippen LogP contribution in [0, 0.1) is 7.14 Å². The number of nitrogens with zero attached hydrogens (tertiary/aromatic N) is 1. The third-order valence-corrected chi connectivity index (χ3v) is 6.36. The topological polar surface area (TPSA) is 169 Å². The number of ether oxygens (including phenoxy) is 1. The van der Waals surface area contributed by atoms with Crippen molar-refractivity contribution < 1.29 is 39.5 Å². The number of hydrogen-bond donors (Lipinski definition) is 6. The van der Waals surface area contributed by atoms with Gasteiger partial charge in [-0.25, -0.2) is 0 Å². The Labute approximate surface area is 199 Å². The predicted octanol–water partition coefficient (Wildman–Crippen LogP) is -1.58. The molecule has 0 bridgehead atoms. The number of benzene rings is 1. The molecule has 0 saturated heterocycles. The van der Waals surface area contributed by atoms with Crippen LogP contribution in [0.15, 0.2) is 0 Å². The minimum Gasteiger partial charge on any atom is -0.481 e. The van der Waals surface area contributed by atoms with Crippen molar-refractivity contribution >= 4 is 68.6 Å². The summed E-state index contributed by atoms with van der Waals surface area (Å²) in [5.41, 5.74) is 0.342. The fourth-order valence-electron chi connectivity index (χ4n) is 2.58. The lowest BCUT2D eigenvalue weighted by Crippen LogP contribution is -2.40. The maximum Gasteiger partial charge on any atom is 0.264 e. The van der Waals surface area contributed by atoms with Gasteiger partial charge < -0.3 is 40.7 Å². The zero-order chi connectivity index (χ0) is 22.6. The van der Waals surface area contributed by atoms with Crippen molar-refractivity contribution in [1.82, 2.24) is 10.6 Å². The number of nitrogens with one attached hydrogen (secondary N) is 2. The van der Waals surface area contributed by atoms with Crippen LogP contribution in [0.5, 0.6) is 5.75 Å². The number of halogens is 2. The smallest absolute Gasteiger partial charge is 0.264 e. The summed E-state index contributed by atoms with van der Waals surface area (Å²) in [6.07, 6.45) is -2.32. The predicted molar refractivity (Wildman–Crippen MR) is 122 cm³/mol. The highest BCUT2D eigenvalue weighted by Gasteiger charge is 2.35. The van der Waals surface area contributed by atoms with Gasteiger partial charge in [0.05, 0.1) is 40.1 Å². The minimum absolute atomic E-state index is 0.00311. The number of amides is 3. The highest BCUT2D eigenvalue weighted by Crippen LogP contribution is 2.43. The third-order valence-electron chi connectivity index (χ3n) is 4.23. The van der Waals surface area contributed by atoms with Crippen LogP contribution >= 0.6 is 45.2 Å². The van der Waals surface area contributed by atoms with E-state index in [-0.39, 0.29) is 51.7 Å². The van der Waals surface area contributed by atoms with E-state index in [4.69, 9.17) is 14.9 Å². The third kappa shape index (κ3) is 5.31. The minimum atomic E-state index is -1.17. The van der Waals surface area contributed by atoms with Gasteiger partial charge >= 0.3 is 0 Å². The maximum atomic E-state index is 12.8. The summed E-state index contributed by atoms with van der Waals surface area (Å²) in [4.78, 5) is 39.1. The summed E-state index contributed by atoms with van der Waals surface area (Å²) in [5, 5.41) is 41.8. The standard InChI is InChI=1S/C17H21I2N3O8/c1-22-9(27)6-30-15-11(17(29)21-3-8(26)5-24)12(18)10(13(19)14(15)22)16(28)20-2-7(25)4-23/h7-8,23-26H,2-6H2,1H3,(H,20,28)(H,21,29). The summed E-state index contributed by atoms with van der Waals surface area (Å²) in [5.74, 6) is -1.53. The van der Waals surface area contributed by atoms with E-state index < -0.39 is 37.2 Å². The molecule has 6 N–H and O–H groups in total. The molecule has 0 aliphatic carbocycles. The second-order valence-corrected chi connectivity index (χ2v) is 8.55. The van der Waals surface area contributed by atoms with Gasteiger partial charge in [-0.15, -0.1) is 0 Å². The number of carbonyl (C=O) groups is 3. The lowest BCUT2D eigenvalue weighted by molar-refractivity contribution is -0.121. The summed E-state index contributed by atoms with van der Waals surface area (Å²) in [6.45, 7) is -1.82. The van der Waals surface area contributed by atoms with E-state index in [0.717, 1.165) is 0 Å². The van der Waals surface area contributed by atoms with Crippen LogP contribution in [-0.2, 0) is 4.79 Å². The van der Waals surface area contributed by atoms with Crippen molar-refractivity contribution in [1.29, 1.82) is 0 Å². The SMILES string of the molecule is CN1C(=O)COc2c(C(=O)NCC(O)CO)c(I)c(C(=O)NCC(O)CO)c(I)c21. The van der Waals surface area contributed by atoms with Gasteiger partial charge in [-0.05, 0) is 45.2 Å². The number of fused-ring (bicyclic) bond motifs is 1. The normalized spacial score (nSPS) is 15.2. The molecule has 2 rings (SSSR count). The van der Waals surface area contributed by atoms with Gasteiger partial charge in [0.15, 0.2) is 12.4 Å². The lowest BCUT2D eigenvalue weighted by atomic mass is 10.0. The largest absolute Gasteiger partial charge is 0.481 e. The molecular formula is C17H21I2N3O8. The molecule has 0 aromatic heterocycles. The molecular weight excluding hydrogens is 628 g/mol. The Morgan fingerprint density at radius 1 is 1.03 bits per heavy atom. The summed E-state index contributed by atoms with van der Waals surface area (Å²) < 4.78 is 6.13. The first-order valence-electron chi connectivity index (χ1n) is 8.72. The first-order valence-corrected chi connectivity index (χ1v) is 10.9. The van der Waals surface area contributed by atoms with Gasteiger partial charge in [-0.1, -0.05) is 0 Å². The molecule has 1 aromatic rings. The molecule has 0 saturated carbocycles. The van der Waals surface area contributed by atoms with E-state index in [2.05, 4.69) is 10.6 Å². The Morgan fingerprint density at radius 2 is 1.53 bits per heavy atom. The second kappa shape index (κ2) is 10.9. The number of anilines is 1. The number of rotatable bonds is 8. The van der Waals surface area contributed by atoms with Gasteiger partial charge in [0.25, 0.3) is 17.7 Å². The Morgan fingerprint density at radius 3 is 2.03 bits per heavy atom. The molecule has 1 aliphatic heterocycles. The summed E-state index contributed by atoms with van der Waals surface area (Å²) in [7, 11) is 1.49. The van der Waals surface area contributed by atoms with Gasteiger partial charge in [0.2, 0.25) is 0 Å². The Hall–Kier alpha value is -1.27. The molecule has 2 atom stereocenters. The van der Waals surface area contributed by atoms with Gasteiger partial charge in [-0.2, -0.15) is 0 Å². The van der Waals surface area contributed by atoms with Crippen LogP contribution in [0.2, 0.25) is 0 Å². The average molecular weight is 649 g/mol. The Bertz CT molecular complexity index is 851. The highest BCUT2D eigenvalue weighted by atomic mass is 127. The Kier molecular flexibility index (Phi) is 9.04. The van der Waals surface area contributed by atoms with Crippen LogP contribution in [0.4, 0.5) is 5.69 Å². The van der Waals surface area contributed by atoms with Crippen molar-refractivity contribution in [3.8, 4) is 5.75 Å². The fraction of sp³-hybridized carbons (Fsp3) is 0.471. The molecule has 0 radical (unpaired) electrons. The molecule has 1 heterocycles. The molecule has 3 amide bonds. The number of aliphatic hydroxyl groups excluding tert-OH is 4. The molecule has 166 valence electrons. The molecule has 11 nitrogen and oxygen atoms in total. The van der Waals surface area contributed by atoms with Crippen LogP contribution in [0.3, 0.4) is 0 Å².